The van der Waals surface area contributed by atoms with Gasteiger partial charge < -0.3 is 15.2 Å². The summed E-state index contributed by atoms with van der Waals surface area (Å²) in [4.78, 5) is 20.7. The molecule has 2 N–H and O–H groups in total. The summed E-state index contributed by atoms with van der Waals surface area (Å²) in [7, 11) is 1.36. The molecule has 0 heterocycles. The molecule has 0 aliphatic heterocycles. The fourth-order valence-corrected chi connectivity index (χ4v) is 1.48. The molecular formula is C11H14N2O5. The van der Waals surface area contributed by atoms with Gasteiger partial charge in [0, 0.05) is 13.0 Å². The minimum atomic E-state index is -0.892. The number of nitrogens with zero attached hydrogens (tertiary/aromatic N) is 1. The molecule has 0 radical (unpaired) electrons. The molecule has 0 saturated heterocycles. The van der Waals surface area contributed by atoms with Gasteiger partial charge in [0.2, 0.25) is 0 Å². The van der Waals surface area contributed by atoms with Gasteiger partial charge in [-0.25, -0.2) is 0 Å². The minimum Gasteiger partial charge on any atom is -0.490 e. The third-order valence-electron chi connectivity index (χ3n) is 2.28. The smallest absolute Gasteiger partial charge is 0.333 e. The summed E-state index contributed by atoms with van der Waals surface area (Å²) >= 11 is 0. The third kappa shape index (κ3) is 3.62. The zero-order valence-electron chi connectivity index (χ0n) is 9.88. The van der Waals surface area contributed by atoms with Gasteiger partial charge in [0.1, 0.15) is 5.69 Å². The van der Waals surface area contributed by atoms with E-state index in [2.05, 4.69) is 5.32 Å². The number of hydrogen-bond acceptors (Lipinski definition) is 5. The van der Waals surface area contributed by atoms with Gasteiger partial charge in [-0.3, -0.25) is 14.9 Å². The summed E-state index contributed by atoms with van der Waals surface area (Å²) in [5, 5.41) is 22.3. The monoisotopic (exact) mass is 254 g/mol. The quantitative estimate of drug-likeness (QED) is 0.437. The lowest BCUT2D eigenvalue weighted by atomic mass is 10.2. The Kier molecular flexibility index (Phi) is 4.91. The van der Waals surface area contributed by atoms with Crippen molar-refractivity contribution in [3.8, 4) is 5.75 Å². The predicted octanol–water partition coefficient (Wildman–Crippen LogP) is 1.88. The summed E-state index contributed by atoms with van der Waals surface area (Å²) in [5.41, 5.74) is 0.181. The second kappa shape index (κ2) is 6.43. The number of para-hydroxylation sites is 1. The molecule has 98 valence electrons. The van der Waals surface area contributed by atoms with Crippen LogP contribution in [0.4, 0.5) is 11.4 Å². The number of anilines is 1. The van der Waals surface area contributed by atoms with Crippen molar-refractivity contribution in [2.24, 2.45) is 0 Å². The number of rotatable bonds is 7. The number of carbonyl (C=O) groups is 1. The van der Waals surface area contributed by atoms with E-state index in [-0.39, 0.29) is 17.9 Å². The molecule has 0 aliphatic carbocycles. The molecular weight excluding hydrogens is 240 g/mol. The minimum absolute atomic E-state index is 0.0186. The molecule has 0 spiro atoms. The van der Waals surface area contributed by atoms with E-state index in [1.165, 1.54) is 13.2 Å². The Labute approximate surface area is 104 Å². The standard InChI is InChI=1S/C11H14N2O5/c1-18-9-5-2-4-8(11(9)13(16)17)12-7-3-6-10(14)15/h2,4-5,12H,3,6-7H2,1H3,(H,14,15). The summed E-state index contributed by atoms with van der Waals surface area (Å²) in [5.74, 6) is -0.722. The van der Waals surface area contributed by atoms with Gasteiger partial charge >= 0.3 is 11.7 Å². The van der Waals surface area contributed by atoms with E-state index in [1.807, 2.05) is 0 Å². The van der Waals surface area contributed by atoms with Gasteiger partial charge in [0.25, 0.3) is 0 Å². The Hall–Kier alpha value is -2.31. The summed E-state index contributed by atoms with van der Waals surface area (Å²) < 4.78 is 4.92. The molecule has 1 rings (SSSR count). The van der Waals surface area contributed by atoms with Crippen molar-refractivity contribution in [3.63, 3.8) is 0 Å². The van der Waals surface area contributed by atoms with Crippen molar-refractivity contribution in [3.05, 3.63) is 28.3 Å². The van der Waals surface area contributed by atoms with Crippen LogP contribution in [-0.2, 0) is 4.79 Å². The van der Waals surface area contributed by atoms with Crippen molar-refractivity contribution >= 4 is 17.3 Å². The Morgan fingerprint density at radius 2 is 2.28 bits per heavy atom. The van der Waals surface area contributed by atoms with Crippen molar-refractivity contribution in [1.29, 1.82) is 0 Å². The molecule has 0 atom stereocenters. The van der Waals surface area contributed by atoms with E-state index < -0.39 is 10.9 Å². The second-order valence-corrected chi connectivity index (χ2v) is 3.54. The molecule has 7 nitrogen and oxygen atoms in total. The predicted molar refractivity (Wildman–Crippen MR) is 65.0 cm³/mol. The van der Waals surface area contributed by atoms with Crippen molar-refractivity contribution < 1.29 is 19.6 Å². The van der Waals surface area contributed by atoms with E-state index in [4.69, 9.17) is 9.84 Å². The average Bonchev–Trinajstić information content (AvgIpc) is 2.33. The lowest BCUT2D eigenvalue weighted by Gasteiger charge is -2.08. The van der Waals surface area contributed by atoms with Crippen LogP contribution in [0.3, 0.4) is 0 Å². The van der Waals surface area contributed by atoms with Crippen LogP contribution in [0.5, 0.6) is 5.75 Å². The summed E-state index contributed by atoms with van der Waals surface area (Å²) in [6.45, 7) is 0.348. The maximum Gasteiger partial charge on any atom is 0.333 e. The molecule has 18 heavy (non-hydrogen) atoms. The number of carboxylic acids is 1. The highest BCUT2D eigenvalue weighted by Crippen LogP contribution is 2.34. The number of methoxy groups -OCH3 is 1. The van der Waals surface area contributed by atoms with Gasteiger partial charge in [0.15, 0.2) is 5.75 Å². The Morgan fingerprint density at radius 1 is 1.56 bits per heavy atom. The maximum atomic E-state index is 10.9. The van der Waals surface area contributed by atoms with Crippen LogP contribution in [0.1, 0.15) is 12.8 Å². The first-order valence-electron chi connectivity index (χ1n) is 5.33. The molecule has 0 saturated carbocycles. The molecule has 0 unspecified atom stereocenters. The van der Waals surface area contributed by atoms with Crippen LogP contribution in [0.25, 0.3) is 0 Å². The summed E-state index contributed by atoms with van der Waals surface area (Å²) in [6.07, 6.45) is 0.411. The normalized spacial score (nSPS) is 9.83. The molecule has 0 fully saturated rings. The first-order valence-corrected chi connectivity index (χ1v) is 5.33. The number of carboxylic acid groups (broad SMARTS) is 1. The average molecular weight is 254 g/mol. The molecule has 0 bridgehead atoms. The van der Waals surface area contributed by atoms with Crippen LogP contribution in [0, 0.1) is 10.1 Å². The second-order valence-electron chi connectivity index (χ2n) is 3.54. The highest BCUT2D eigenvalue weighted by Gasteiger charge is 2.19. The molecule has 0 aliphatic rings. The number of ether oxygens (including phenoxy) is 1. The first-order chi connectivity index (χ1) is 8.56. The van der Waals surface area contributed by atoms with Gasteiger partial charge in [-0.05, 0) is 18.6 Å². The SMILES string of the molecule is COc1cccc(NCCCC(=O)O)c1[N+](=O)[O-]. The molecule has 7 heteroatoms. The zero-order chi connectivity index (χ0) is 13.5. The van der Waals surface area contributed by atoms with Crippen molar-refractivity contribution in [2.45, 2.75) is 12.8 Å². The number of benzene rings is 1. The highest BCUT2D eigenvalue weighted by atomic mass is 16.6. The fraction of sp³-hybridized carbons (Fsp3) is 0.364. The largest absolute Gasteiger partial charge is 0.490 e. The van der Waals surface area contributed by atoms with Crippen LogP contribution in [0.15, 0.2) is 18.2 Å². The lowest BCUT2D eigenvalue weighted by Crippen LogP contribution is -2.07. The van der Waals surface area contributed by atoms with Crippen LogP contribution >= 0.6 is 0 Å². The number of nitro groups is 1. The number of aliphatic carboxylic acids is 1. The summed E-state index contributed by atoms with van der Waals surface area (Å²) in [6, 6.07) is 4.69. The molecule has 0 amide bonds. The number of nitro benzene ring substituents is 1. The zero-order valence-corrected chi connectivity index (χ0v) is 9.88. The van der Waals surface area contributed by atoms with Crippen LogP contribution in [-0.4, -0.2) is 29.7 Å². The molecule has 0 aromatic heterocycles. The highest BCUT2D eigenvalue weighted by molar-refractivity contribution is 5.69. The van der Waals surface area contributed by atoms with E-state index in [1.54, 1.807) is 12.1 Å². The van der Waals surface area contributed by atoms with Crippen molar-refractivity contribution in [1.82, 2.24) is 0 Å². The van der Waals surface area contributed by atoms with Crippen molar-refractivity contribution in [2.75, 3.05) is 19.0 Å². The Bertz CT molecular complexity index is 447. The molecule has 1 aromatic rings. The van der Waals surface area contributed by atoms with E-state index >= 15 is 0 Å². The number of hydrogen-bond donors (Lipinski definition) is 2. The third-order valence-corrected chi connectivity index (χ3v) is 2.28. The number of nitrogens with one attached hydrogen (secondary N) is 1. The fourth-order valence-electron chi connectivity index (χ4n) is 1.48. The maximum absolute atomic E-state index is 10.9. The van der Waals surface area contributed by atoms with Gasteiger partial charge in [0.05, 0.1) is 12.0 Å². The van der Waals surface area contributed by atoms with E-state index in [0.29, 0.717) is 18.7 Å². The van der Waals surface area contributed by atoms with Gasteiger partial charge in [-0.2, -0.15) is 0 Å². The lowest BCUT2D eigenvalue weighted by molar-refractivity contribution is -0.384. The topological polar surface area (TPSA) is 102 Å². The van der Waals surface area contributed by atoms with E-state index in [9.17, 15) is 14.9 Å². The van der Waals surface area contributed by atoms with E-state index in [0.717, 1.165) is 0 Å². The van der Waals surface area contributed by atoms with Crippen LogP contribution in [0.2, 0.25) is 0 Å². The Morgan fingerprint density at radius 3 is 2.83 bits per heavy atom. The van der Waals surface area contributed by atoms with Crippen LogP contribution < -0.4 is 10.1 Å². The van der Waals surface area contributed by atoms with Gasteiger partial charge in [-0.15, -0.1) is 0 Å². The molecule has 1 aromatic carbocycles. The van der Waals surface area contributed by atoms with Gasteiger partial charge in [-0.1, -0.05) is 6.07 Å². The first kappa shape index (κ1) is 13.8. The Balaban J connectivity index is 2.75.